The van der Waals surface area contributed by atoms with Crippen LogP contribution in [0.2, 0.25) is 0 Å². The van der Waals surface area contributed by atoms with Crippen LogP contribution in [0.25, 0.3) is 0 Å². The third-order valence-electron chi connectivity index (χ3n) is 5.22. The first-order valence-electron chi connectivity index (χ1n) is 11.3. The topological polar surface area (TPSA) is 174 Å². The van der Waals surface area contributed by atoms with E-state index in [0.29, 0.717) is 24.3 Å². The first kappa shape index (κ1) is 26.8. The van der Waals surface area contributed by atoms with Gasteiger partial charge in [0.15, 0.2) is 6.61 Å². The highest BCUT2D eigenvalue weighted by Crippen LogP contribution is 2.19. The van der Waals surface area contributed by atoms with Crippen molar-refractivity contribution in [3.63, 3.8) is 0 Å². The molecule has 0 unspecified atom stereocenters. The van der Waals surface area contributed by atoms with Crippen molar-refractivity contribution in [1.82, 2.24) is 10.4 Å². The van der Waals surface area contributed by atoms with Gasteiger partial charge in [0.1, 0.15) is 0 Å². The van der Waals surface area contributed by atoms with Crippen LogP contribution in [0.1, 0.15) is 40.5 Å². The molecule has 1 heterocycles. The Morgan fingerprint density at radius 2 is 1.68 bits per heavy atom. The second-order valence-electron chi connectivity index (χ2n) is 8.02. The molecule has 1 aliphatic heterocycles. The standard InChI is InChI=1S/C24H24N4O9/c1-2-11-36-23(32)16-3-7-18(8-4-16)25-20(29)14-37-24(33)17-12-21(30)27(13-17)26-22(31)15-5-9-19(10-6-15)28(34)35/h3-10,17H,2,11-14H2,1H3,(H,25,29)(H,26,31)/t17-/m0/s1. The molecule has 3 rings (SSSR count). The van der Waals surface area contributed by atoms with Crippen LogP contribution in [0.4, 0.5) is 11.4 Å². The molecule has 0 aromatic heterocycles. The van der Waals surface area contributed by atoms with Crippen LogP contribution in [0.15, 0.2) is 48.5 Å². The molecule has 3 amide bonds. The molecule has 0 radical (unpaired) electrons. The van der Waals surface area contributed by atoms with Gasteiger partial charge in [-0.2, -0.15) is 0 Å². The van der Waals surface area contributed by atoms with E-state index in [9.17, 15) is 34.1 Å². The predicted octanol–water partition coefficient (Wildman–Crippen LogP) is 1.84. The fourth-order valence-electron chi connectivity index (χ4n) is 3.31. The van der Waals surface area contributed by atoms with E-state index in [1.165, 1.54) is 36.4 Å². The van der Waals surface area contributed by atoms with E-state index >= 15 is 0 Å². The average molecular weight is 512 g/mol. The lowest BCUT2D eigenvalue weighted by Gasteiger charge is -2.17. The molecule has 1 atom stereocenters. The molecule has 1 fully saturated rings. The summed E-state index contributed by atoms with van der Waals surface area (Å²) >= 11 is 0. The summed E-state index contributed by atoms with van der Waals surface area (Å²) in [5.74, 6) is -3.99. The first-order chi connectivity index (χ1) is 17.7. The molecule has 13 nitrogen and oxygen atoms in total. The van der Waals surface area contributed by atoms with Gasteiger partial charge in [0.25, 0.3) is 17.5 Å². The van der Waals surface area contributed by atoms with Crippen molar-refractivity contribution in [2.45, 2.75) is 19.8 Å². The summed E-state index contributed by atoms with van der Waals surface area (Å²) in [6, 6.07) is 10.8. The lowest BCUT2D eigenvalue weighted by Crippen LogP contribution is -2.43. The van der Waals surface area contributed by atoms with Crippen LogP contribution in [-0.4, -0.2) is 59.4 Å². The second-order valence-corrected chi connectivity index (χ2v) is 8.02. The van der Waals surface area contributed by atoms with Gasteiger partial charge >= 0.3 is 11.9 Å². The molecule has 1 aliphatic rings. The van der Waals surface area contributed by atoms with Crippen molar-refractivity contribution < 1.29 is 38.4 Å². The number of anilines is 1. The van der Waals surface area contributed by atoms with Gasteiger partial charge in [0.05, 0.1) is 29.6 Å². The van der Waals surface area contributed by atoms with Crippen molar-refractivity contribution in [3.8, 4) is 0 Å². The number of esters is 2. The number of hydrazine groups is 1. The summed E-state index contributed by atoms with van der Waals surface area (Å²) in [6.07, 6.45) is 0.471. The van der Waals surface area contributed by atoms with Crippen LogP contribution in [0, 0.1) is 16.0 Å². The van der Waals surface area contributed by atoms with E-state index in [1.807, 2.05) is 6.92 Å². The lowest BCUT2D eigenvalue weighted by atomic mass is 10.1. The van der Waals surface area contributed by atoms with Crippen LogP contribution in [-0.2, 0) is 23.9 Å². The number of nitro groups is 1. The highest BCUT2D eigenvalue weighted by atomic mass is 16.6. The van der Waals surface area contributed by atoms with E-state index < -0.39 is 47.1 Å². The van der Waals surface area contributed by atoms with Crippen LogP contribution in [0.5, 0.6) is 0 Å². The SMILES string of the molecule is CCCOC(=O)c1ccc(NC(=O)COC(=O)[C@H]2CC(=O)N(NC(=O)c3ccc([N+](=O)[O-])cc3)C2)cc1. The fourth-order valence-corrected chi connectivity index (χ4v) is 3.31. The second kappa shape index (κ2) is 12.2. The maximum Gasteiger partial charge on any atom is 0.338 e. The molecular formula is C24H24N4O9. The summed E-state index contributed by atoms with van der Waals surface area (Å²) in [6.45, 7) is 1.42. The number of benzene rings is 2. The Kier molecular flexibility index (Phi) is 8.86. The van der Waals surface area contributed by atoms with Crippen molar-refractivity contribution in [2.75, 3.05) is 25.1 Å². The Hall–Kier alpha value is -4.81. The molecule has 194 valence electrons. The smallest absolute Gasteiger partial charge is 0.338 e. The van der Waals surface area contributed by atoms with Gasteiger partial charge in [-0.1, -0.05) is 6.92 Å². The Balaban J connectivity index is 1.44. The number of amides is 3. The Bertz CT molecular complexity index is 1200. The number of ether oxygens (including phenoxy) is 2. The normalized spacial score (nSPS) is 14.6. The minimum absolute atomic E-state index is 0.0898. The summed E-state index contributed by atoms with van der Waals surface area (Å²) in [7, 11) is 0. The van der Waals surface area contributed by atoms with E-state index in [2.05, 4.69) is 10.7 Å². The molecule has 13 heteroatoms. The average Bonchev–Trinajstić information content (AvgIpc) is 3.26. The minimum Gasteiger partial charge on any atom is -0.462 e. The quantitative estimate of drug-likeness (QED) is 0.273. The highest BCUT2D eigenvalue weighted by Gasteiger charge is 2.36. The minimum atomic E-state index is -0.897. The summed E-state index contributed by atoms with van der Waals surface area (Å²) in [5, 5.41) is 14.2. The third kappa shape index (κ3) is 7.34. The lowest BCUT2D eigenvalue weighted by molar-refractivity contribution is -0.384. The maximum atomic E-state index is 12.3. The van der Waals surface area contributed by atoms with Crippen molar-refractivity contribution >= 4 is 41.0 Å². The van der Waals surface area contributed by atoms with Gasteiger partial charge in [-0.05, 0) is 42.8 Å². The van der Waals surface area contributed by atoms with Gasteiger partial charge in [-0.15, -0.1) is 0 Å². The van der Waals surface area contributed by atoms with Crippen molar-refractivity contribution in [3.05, 3.63) is 69.8 Å². The van der Waals surface area contributed by atoms with Crippen molar-refractivity contribution in [1.29, 1.82) is 0 Å². The number of carbonyl (C=O) groups excluding carboxylic acids is 5. The van der Waals surface area contributed by atoms with Gasteiger partial charge in [-0.25, -0.2) is 4.79 Å². The van der Waals surface area contributed by atoms with Crippen LogP contribution >= 0.6 is 0 Å². The van der Waals surface area contributed by atoms with Gasteiger partial charge in [0, 0.05) is 29.8 Å². The molecule has 0 bridgehead atoms. The predicted molar refractivity (Wildman–Crippen MR) is 127 cm³/mol. The number of rotatable bonds is 10. The van der Waals surface area contributed by atoms with Gasteiger partial charge in [0.2, 0.25) is 5.91 Å². The zero-order valence-electron chi connectivity index (χ0n) is 19.8. The van der Waals surface area contributed by atoms with E-state index in [-0.39, 0.29) is 24.2 Å². The first-order valence-corrected chi connectivity index (χ1v) is 11.3. The highest BCUT2D eigenvalue weighted by molar-refractivity contribution is 5.97. The van der Waals surface area contributed by atoms with Crippen LogP contribution < -0.4 is 10.7 Å². The van der Waals surface area contributed by atoms with E-state index in [0.717, 1.165) is 17.1 Å². The maximum absolute atomic E-state index is 12.3. The largest absolute Gasteiger partial charge is 0.462 e. The monoisotopic (exact) mass is 512 g/mol. The number of hydrogen-bond acceptors (Lipinski definition) is 9. The molecule has 2 aromatic rings. The molecule has 2 aromatic carbocycles. The number of nitro benzene ring substituents is 1. The zero-order valence-corrected chi connectivity index (χ0v) is 19.8. The molecular weight excluding hydrogens is 488 g/mol. The van der Waals surface area contributed by atoms with Gasteiger partial charge in [-0.3, -0.25) is 39.7 Å². The molecule has 37 heavy (non-hydrogen) atoms. The number of hydrogen-bond donors (Lipinski definition) is 2. The molecule has 0 aliphatic carbocycles. The van der Waals surface area contributed by atoms with Crippen LogP contribution in [0.3, 0.4) is 0 Å². The molecule has 0 spiro atoms. The summed E-state index contributed by atoms with van der Waals surface area (Å²) < 4.78 is 10.0. The third-order valence-corrected chi connectivity index (χ3v) is 5.22. The Labute approximate surface area is 210 Å². The molecule has 1 saturated heterocycles. The van der Waals surface area contributed by atoms with Crippen molar-refractivity contribution in [2.24, 2.45) is 5.92 Å². The Morgan fingerprint density at radius 3 is 2.30 bits per heavy atom. The number of nitrogens with zero attached hydrogens (tertiary/aromatic N) is 2. The van der Waals surface area contributed by atoms with E-state index in [1.54, 1.807) is 0 Å². The number of nitrogens with one attached hydrogen (secondary N) is 2. The molecule has 0 saturated carbocycles. The summed E-state index contributed by atoms with van der Waals surface area (Å²) in [5.41, 5.74) is 2.96. The summed E-state index contributed by atoms with van der Waals surface area (Å²) in [4.78, 5) is 70.9. The molecule has 2 N–H and O–H groups in total. The number of carbonyl (C=O) groups is 5. The van der Waals surface area contributed by atoms with Gasteiger partial charge < -0.3 is 14.8 Å². The zero-order chi connectivity index (χ0) is 26.9. The fraction of sp³-hybridized carbons (Fsp3) is 0.292. The number of non-ortho nitro benzene ring substituents is 1. The Morgan fingerprint density at radius 1 is 1.03 bits per heavy atom. The van der Waals surface area contributed by atoms with E-state index in [4.69, 9.17) is 9.47 Å².